The molecule has 0 aliphatic rings. The lowest BCUT2D eigenvalue weighted by molar-refractivity contribution is -0.138. The molecular formula is C31H27Cl2N3O5S. The first kappa shape index (κ1) is 30.8. The van der Waals surface area contributed by atoms with E-state index in [1.807, 2.05) is 6.92 Å². The van der Waals surface area contributed by atoms with Crippen molar-refractivity contribution in [1.82, 2.24) is 5.32 Å². The van der Waals surface area contributed by atoms with E-state index in [1.165, 1.54) is 24.3 Å². The van der Waals surface area contributed by atoms with Crippen LogP contribution in [-0.2, 0) is 21.4 Å². The Labute approximate surface area is 254 Å². The maximum atomic E-state index is 14.2. The normalized spacial score (nSPS) is 12.0. The smallest absolute Gasteiger partial charge is 0.327 e. The Morgan fingerprint density at radius 1 is 0.976 bits per heavy atom. The number of halogens is 2. The van der Waals surface area contributed by atoms with Gasteiger partial charge >= 0.3 is 5.97 Å². The van der Waals surface area contributed by atoms with Gasteiger partial charge in [0.25, 0.3) is 15.9 Å². The number of nitriles is 1. The van der Waals surface area contributed by atoms with Crippen molar-refractivity contribution in [3.05, 3.63) is 106 Å². The predicted octanol–water partition coefficient (Wildman–Crippen LogP) is 6.79. The lowest BCUT2D eigenvalue weighted by Gasteiger charge is -2.31. The number of sulfonamides is 1. The van der Waals surface area contributed by atoms with Gasteiger partial charge in [0.2, 0.25) is 0 Å². The average Bonchev–Trinajstić information content (AvgIpc) is 2.97. The molecule has 0 aliphatic carbocycles. The van der Waals surface area contributed by atoms with Crippen LogP contribution in [0.1, 0.15) is 47.7 Å². The van der Waals surface area contributed by atoms with Gasteiger partial charge in [-0.3, -0.25) is 9.10 Å². The number of nitrogens with one attached hydrogen (secondary N) is 1. The third-order valence-electron chi connectivity index (χ3n) is 6.68. The molecule has 216 valence electrons. The molecular weight excluding hydrogens is 597 g/mol. The van der Waals surface area contributed by atoms with Crippen LogP contribution >= 0.6 is 23.2 Å². The van der Waals surface area contributed by atoms with E-state index >= 15 is 0 Å². The number of hydrogen-bond donors (Lipinski definition) is 2. The number of fused-ring (bicyclic) bond motifs is 1. The van der Waals surface area contributed by atoms with Crippen molar-refractivity contribution < 1.29 is 23.1 Å². The zero-order chi connectivity index (χ0) is 30.4. The number of aliphatic carboxylic acids is 1. The Bertz CT molecular complexity index is 1780. The van der Waals surface area contributed by atoms with Gasteiger partial charge < -0.3 is 10.4 Å². The van der Waals surface area contributed by atoms with Gasteiger partial charge in [0, 0.05) is 27.5 Å². The monoisotopic (exact) mass is 623 g/mol. The fourth-order valence-electron chi connectivity index (χ4n) is 4.71. The number of carboxylic acid groups (broad SMARTS) is 1. The molecule has 42 heavy (non-hydrogen) atoms. The van der Waals surface area contributed by atoms with E-state index < -0.39 is 27.9 Å². The lowest BCUT2D eigenvalue weighted by atomic mass is 10.0. The molecule has 1 atom stereocenters. The van der Waals surface area contributed by atoms with Gasteiger partial charge in [0.1, 0.15) is 6.04 Å². The van der Waals surface area contributed by atoms with Gasteiger partial charge in [0.05, 0.1) is 22.2 Å². The highest BCUT2D eigenvalue weighted by molar-refractivity contribution is 7.93. The maximum absolute atomic E-state index is 14.2. The summed E-state index contributed by atoms with van der Waals surface area (Å²) >= 11 is 12.3. The van der Waals surface area contributed by atoms with Crippen molar-refractivity contribution >= 4 is 61.6 Å². The zero-order valence-electron chi connectivity index (χ0n) is 22.6. The maximum Gasteiger partial charge on any atom is 0.327 e. The summed E-state index contributed by atoms with van der Waals surface area (Å²) in [6.07, 6.45) is 1.17. The first-order chi connectivity index (χ1) is 20.1. The Kier molecular flexibility index (Phi) is 9.74. The Morgan fingerprint density at radius 3 is 2.31 bits per heavy atom. The van der Waals surface area contributed by atoms with Gasteiger partial charge in [-0.05, 0) is 59.8 Å². The number of benzene rings is 4. The Balaban J connectivity index is 1.84. The van der Waals surface area contributed by atoms with Crippen LogP contribution < -0.4 is 9.62 Å². The number of nitrogens with zero attached hydrogens (tertiary/aromatic N) is 2. The van der Waals surface area contributed by atoms with Gasteiger partial charge in [0.15, 0.2) is 0 Å². The summed E-state index contributed by atoms with van der Waals surface area (Å²) in [4.78, 5) is 25.6. The van der Waals surface area contributed by atoms with Gasteiger partial charge in [-0.15, -0.1) is 0 Å². The van der Waals surface area contributed by atoms with Crippen LogP contribution in [0, 0.1) is 11.3 Å². The summed E-state index contributed by atoms with van der Waals surface area (Å²) in [7, 11) is -4.49. The van der Waals surface area contributed by atoms with Crippen LogP contribution in [0.4, 0.5) is 5.69 Å². The van der Waals surface area contributed by atoms with E-state index in [-0.39, 0.29) is 39.2 Å². The number of rotatable bonds is 11. The summed E-state index contributed by atoms with van der Waals surface area (Å²) in [6.45, 7) is 2.05. The van der Waals surface area contributed by atoms with E-state index in [4.69, 9.17) is 28.5 Å². The molecule has 11 heteroatoms. The Morgan fingerprint density at radius 2 is 1.64 bits per heavy atom. The fraction of sp³-hybridized carbons (Fsp3) is 0.194. The SMILES string of the molecule is CCCCC(C(=O)O)N(c1cccc2c(C(=O)NCc3cccc(C#N)c3)cccc12)S(=O)(=O)c1cc(Cl)cc(Cl)c1. The van der Waals surface area contributed by atoms with Crippen LogP contribution in [0.2, 0.25) is 10.0 Å². The highest BCUT2D eigenvalue weighted by Crippen LogP contribution is 2.36. The molecule has 0 spiro atoms. The number of anilines is 1. The predicted molar refractivity (Wildman–Crippen MR) is 163 cm³/mol. The van der Waals surface area contributed by atoms with E-state index in [1.54, 1.807) is 54.6 Å². The minimum atomic E-state index is -4.49. The molecule has 0 saturated heterocycles. The number of carboxylic acids is 1. The summed E-state index contributed by atoms with van der Waals surface area (Å²) in [5.74, 6) is -1.73. The summed E-state index contributed by atoms with van der Waals surface area (Å²) in [5.41, 5.74) is 1.58. The molecule has 8 nitrogen and oxygen atoms in total. The Hall–Kier alpha value is -4.10. The first-order valence-electron chi connectivity index (χ1n) is 13.1. The van der Waals surface area contributed by atoms with Crippen molar-refractivity contribution in [2.45, 2.75) is 43.7 Å². The number of amides is 1. The molecule has 1 unspecified atom stereocenters. The van der Waals surface area contributed by atoms with Crippen molar-refractivity contribution in [3.63, 3.8) is 0 Å². The van der Waals surface area contributed by atoms with Crippen LogP contribution in [0.25, 0.3) is 10.8 Å². The molecule has 0 saturated carbocycles. The highest BCUT2D eigenvalue weighted by Gasteiger charge is 2.37. The van der Waals surface area contributed by atoms with Crippen LogP contribution in [0.3, 0.4) is 0 Å². The lowest BCUT2D eigenvalue weighted by Crippen LogP contribution is -2.45. The number of unbranched alkanes of at least 4 members (excludes halogenated alkanes) is 1. The molecule has 0 heterocycles. The standard InChI is InChI=1S/C31H27Cl2N3O5S/c1-2-3-12-29(31(38)39)36(42(40,41)24-16-22(32)15-23(33)17-24)28-13-6-9-25-26(28)10-5-11-27(25)30(37)35-19-21-8-4-7-20(14-21)18-34/h4-11,13-17,29H,2-3,12,19H2,1H3,(H,35,37)(H,38,39). The van der Waals surface area contributed by atoms with E-state index in [0.29, 0.717) is 29.2 Å². The van der Waals surface area contributed by atoms with Crippen molar-refractivity contribution in [2.24, 2.45) is 0 Å². The second-order valence-corrected chi connectivity index (χ2v) is 12.3. The first-order valence-corrected chi connectivity index (χ1v) is 15.3. The number of hydrogen-bond acceptors (Lipinski definition) is 5. The molecule has 4 aromatic rings. The summed E-state index contributed by atoms with van der Waals surface area (Å²) in [6, 6.07) is 20.9. The molecule has 4 aromatic carbocycles. The molecule has 0 aliphatic heterocycles. The molecule has 2 N–H and O–H groups in total. The van der Waals surface area contributed by atoms with Crippen molar-refractivity contribution in [3.8, 4) is 6.07 Å². The second kappa shape index (κ2) is 13.3. The molecule has 1 amide bonds. The largest absolute Gasteiger partial charge is 0.480 e. The molecule has 0 aromatic heterocycles. The topological polar surface area (TPSA) is 128 Å². The van der Waals surface area contributed by atoms with Crippen LogP contribution in [0.15, 0.2) is 83.8 Å². The molecule has 4 rings (SSSR count). The molecule has 0 fully saturated rings. The van der Waals surface area contributed by atoms with Crippen molar-refractivity contribution in [1.29, 1.82) is 5.26 Å². The summed E-state index contributed by atoms with van der Waals surface area (Å²) in [5, 5.41) is 23.2. The molecule has 0 radical (unpaired) electrons. The molecule has 0 bridgehead atoms. The van der Waals surface area contributed by atoms with E-state index in [0.717, 1.165) is 9.87 Å². The minimum Gasteiger partial charge on any atom is -0.480 e. The quantitative estimate of drug-likeness (QED) is 0.189. The zero-order valence-corrected chi connectivity index (χ0v) is 24.9. The fourth-order valence-corrected chi connectivity index (χ4v) is 7.09. The van der Waals surface area contributed by atoms with Crippen LogP contribution in [-0.4, -0.2) is 31.4 Å². The van der Waals surface area contributed by atoms with E-state index in [2.05, 4.69) is 11.4 Å². The van der Waals surface area contributed by atoms with Gasteiger partial charge in [-0.1, -0.05) is 79.4 Å². The highest BCUT2D eigenvalue weighted by atomic mass is 35.5. The van der Waals surface area contributed by atoms with Gasteiger partial charge in [-0.2, -0.15) is 5.26 Å². The minimum absolute atomic E-state index is 0.0533. The van der Waals surface area contributed by atoms with Gasteiger partial charge in [-0.25, -0.2) is 13.2 Å². The van der Waals surface area contributed by atoms with E-state index in [9.17, 15) is 23.1 Å². The number of carbonyl (C=O) groups excluding carboxylic acids is 1. The second-order valence-electron chi connectivity index (χ2n) is 9.57. The number of carbonyl (C=O) groups is 2. The summed E-state index contributed by atoms with van der Waals surface area (Å²) < 4.78 is 29.2. The third kappa shape index (κ3) is 6.68. The third-order valence-corrected chi connectivity index (χ3v) is 8.92. The van der Waals surface area contributed by atoms with Crippen LogP contribution in [0.5, 0.6) is 0 Å². The average molecular weight is 625 g/mol. The van der Waals surface area contributed by atoms with Crippen molar-refractivity contribution in [2.75, 3.05) is 4.31 Å².